The Kier molecular flexibility index (Phi) is 23.7. The third kappa shape index (κ3) is 23.8. The van der Waals surface area contributed by atoms with Crippen molar-refractivity contribution in [3.8, 4) is 0 Å². The summed E-state index contributed by atoms with van der Waals surface area (Å²) in [5.74, 6) is 0. The van der Waals surface area contributed by atoms with Gasteiger partial charge in [-0.2, -0.15) is 0 Å². The molecule has 0 heterocycles. The van der Waals surface area contributed by atoms with E-state index in [2.05, 4.69) is 6.92 Å². The Hall–Kier alpha value is -0.160. The lowest BCUT2D eigenvalue weighted by Crippen LogP contribution is -2.11. The minimum Gasteiger partial charge on any atom is -0.394 e. The van der Waals surface area contributed by atoms with Crippen molar-refractivity contribution in [1.29, 1.82) is 0 Å². The maximum absolute atomic E-state index is 8.54. The Bertz CT molecular complexity index is 202. The third-order valence-electron chi connectivity index (χ3n) is 4.37. The van der Waals surface area contributed by atoms with Gasteiger partial charge in [-0.05, 0) is 6.42 Å². The second-order valence-corrected chi connectivity index (χ2v) is 6.80. The minimum absolute atomic E-state index is 0.0717. The average molecular weight is 361 g/mol. The van der Waals surface area contributed by atoms with Crippen LogP contribution in [0.3, 0.4) is 0 Å². The fourth-order valence-corrected chi connectivity index (χ4v) is 2.83. The number of hydrogen-bond donors (Lipinski definition) is 1. The Morgan fingerprint density at radius 2 is 0.800 bits per heavy atom. The number of unbranched alkanes of at least 4 members (excludes halogenated alkanes) is 12. The zero-order valence-electron chi connectivity index (χ0n) is 16.8. The van der Waals surface area contributed by atoms with Crippen molar-refractivity contribution < 1.29 is 19.3 Å². The molecule has 0 bridgehead atoms. The SMILES string of the molecule is CCCCCCCCCCCCCCCOCCOCCOCCO. The van der Waals surface area contributed by atoms with E-state index in [-0.39, 0.29) is 6.61 Å². The highest BCUT2D eigenvalue weighted by atomic mass is 16.5. The minimum atomic E-state index is 0.0717. The molecule has 0 atom stereocenters. The first kappa shape index (κ1) is 24.8. The van der Waals surface area contributed by atoms with Gasteiger partial charge in [0.15, 0.2) is 0 Å². The molecule has 4 nitrogen and oxygen atoms in total. The second-order valence-electron chi connectivity index (χ2n) is 6.80. The van der Waals surface area contributed by atoms with Crippen LogP contribution in [0, 0.1) is 0 Å². The molecule has 0 fully saturated rings. The molecule has 0 aliphatic carbocycles. The predicted molar refractivity (Wildman–Crippen MR) is 105 cm³/mol. The van der Waals surface area contributed by atoms with Crippen LogP contribution >= 0.6 is 0 Å². The van der Waals surface area contributed by atoms with Crippen molar-refractivity contribution in [2.75, 3.05) is 46.2 Å². The Morgan fingerprint density at radius 3 is 1.24 bits per heavy atom. The van der Waals surface area contributed by atoms with Crippen molar-refractivity contribution in [2.45, 2.75) is 90.4 Å². The first-order chi connectivity index (χ1) is 12.4. The molecule has 0 saturated heterocycles. The Labute approximate surface area is 156 Å². The van der Waals surface area contributed by atoms with E-state index in [4.69, 9.17) is 19.3 Å². The van der Waals surface area contributed by atoms with Crippen molar-refractivity contribution in [3.63, 3.8) is 0 Å². The quantitative estimate of drug-likeness (QED) is 0.272. The lowest BCUT2D eigenvalue weighted by Gasteiger charge is -2.06. The fraction of sp³-hybridized carbons (Fsp3) is 1.00. The smallest absolute Gasteiger partial charge is 0.0701 e. The molecule has 4 heteroatoms. The molecule has 1 N–H and O–H groups in total. The van der Waals surface area contributed by atoms with Gasteiger partial charge in [0.25, 0.3) is 0 Å². The summed E-state index contributed by atoms with van der Waals surface area (Å²) < 4.78 is 16.0. The molecule has 0 aliphatic rings. The monoisotopic (exact) mass is 360 g/mol. The predicted octanol–water partition coefficient (Wildman–Crippen LogP) is 5.12. The summed E-state index contributed by atoms with van der Waals surface area (Å²) in [6.07, 6.45) is 17.9. The fourth-order valence-electron chi connectivity index (χ4n) is 2.83. The van der Waals surface area contributed by atoms with E-state index in [1.54, 1.807) is 0 Å². The van der Waals surface area contributed by atoms with Crippen LogP contribution in [0.25, 0.3) is 0 Å². The number of rotatable bonds is 22. The third-order valence-corrected chi connectivity index (χ3v) is 4.37. The molecule has 0 aromatic carbocycles. The topological polar surface area (TPSA) is 47.9 Å². The highest BCUT2D eigenvalue weighted by Crippen LogP contribution is 2.12. The van der Waals surface area contributed by atoms with Crippen molar-refractivity contribution in [3.05, 3.63) is 0 Å². The van der Waals surface area contributed by atoms with E-state index >= 15 is 0 Å². The van der Waals surface area contributed by atoms with E-state index in [9.17, 15) is 0 Å². The molecule has 0 saturated carbocycles. The molecule has 0 aromatic heterocycles. The molecule has 0 amide bonds. The molecule has 0 radical (unpaired) electrons. The van der Waals surface area contributed by atoms with Crippen LogP contribution in [0.1, 0.15) is 90.4 Å². The second kappa shape index (κ2) is 23.8. The van der Waals surface area contributed by atoms with E-state index in [0.29, 0.717) is 33.0 Å². The van der Waals surface area contributed by atoms with E-state index in [1.165, 1.54) is 77.0 Å². The van der Waals surface area contributed by atoms with Gasteiger partial charge in [-0.25, -0.2) is 0 Å². The average Bonchev–Trinajstić information content (AvgIpc) is 2.63. The van der Waals surface area contributed by atoms with Gasteiger partial charge in [-0.1, -0.05) is 84.0 Å². The van der Waals surface area contributed by atoms with Crippen LogP contribution in [-0.2, 0) is 14.2 Å². The van der Waals surface area contributed by atoms with Gasteiger partial charge >= 0.3 is 0 Å². The van der Waals surface area contributed by atoms with Gasteiger partial charge in [-0.3, -0.25) is 0 Å². The molecule has 0 aliphatic heterocycles. The molecule has 152 valence electrons. The van der Waals surface area contributed by atoms with Crippen molar-refractivity contribution in [2.24, 2.45) is 0 Å². The van der Waals surface area contributed by atoms with Crippen LogP contribution in [0.2, 0.25) is 0 Å². The zero-order valence-corrected chi connectivity index (χ0v) is 16.8. The first-order valence-corrected chi connectivity index (χ1v) is 10.8. The lowest BCUT2D eigenvalue weighted by molar-refractivity contribution is 0.00719. The van der Waals surface area contributed by atoms with Gasteiger partial charge < -0.3 is 19.3 Å². The van der Waals surface area contributed by atoms with E-state index < -0.39 is 0 Å². The van der Waals surface area contributed by atoms with Crippen LogP contribution in [0.5, 0.6) is 0 Å². The first-order valence-electron chi connectivity index (χ1n) is 10.8. The number of aliphatic hydroxyl groups is 1. The molecule has 0 rings (SSSR count). The van der Waals surface area contributed by atoms with E-state index in [1.807, 2.05) is 0 Å². The summed E-state index contributed by atoms with van der Waals surface area (Å²) in [5, 5.41) is 8.54. The van der Waals surface area contributed by atoms with Gasteiger partial charge in [-0.15, -0.1) is 0 Å². The van der Waals surface area contributed by atoms with E-state index in [0.717, 1.165) is 13.0 Å². The van der Waals surface area contributed by atoms with Gasteiger partial charge in [0.05, 0.1) is 39.6 Å². The molecule has 0 aromatic rings. The normalized spacial score (nSPS) is 11.3. The van der Waals surface area contributed by atoms with Crippen molar-refractivity contribution >= 4 is 0 Å². The summed E-state index contributed by atoms with van der Waals surface area (Å²) in [6.45, 7) is 5.99. The standard InChI is InChI=1S/C21H44O4/c1-2-3-4-5-6-7-8-9-10-11-12-13-14-16-23-18-20-25-21-19-24-17-15-22/h22H,2-21H2,1H3. The lowest BCUT2D eigenvalue weighted by atomic mass is 10.0. The van der Waals surface area contributed by atoms with Crippen LogP contribution in [0.15, 0.2) is 0 Å². The van der Waals surface area contributed by atoms with Gasteiger partial charge in [0, 0.05) is 6.61 Å². The van der Waals surface area contributed by atoms with Gasteiger partial charge in [0.2, 0.25) is 0 Å². The Morgan fingerprint density at radius 1 is 0.440 bits per heavy atom. The number of hydrogen-bond acceptors (Lipinski definition) is 4. The van der Waals surface area contributed by atoms with Crippen molar-refractivity contribution in [1.82, 2.24) is 0 Å². The summed E-state index contributed by atoms with van der Waals surface area (Å²) in [5.41, 5.74) is 0. The summed E-state index contributed by atoms with van der Waals surface area (Å²) >= 11 is 0. The highest BCUT2D eigenvalue weighted by Gasteiger charge is 1.95. The molecule has 0 spiro atoms. The largest absolute Gasteiger partial charge is 0.394 e. The number of aliphatic hydroxyl groups excluding tert-OH is 1. The van der Waals surface area contributed by atoms with Crippen LogP contribution in [-0.4, -0.2) is 51.4 Å². The maximum atomic E-state index is 8.54. The van der Waals surface area contributed by atoms with Crippen LogP contribution < -0.4 is 0 Å². The molecular formula is C21H44O4. The maximum Gasteiger partial charge on any atom is 0.0701 e. The molecule has 0 unspecified atom stereocenters. The summed E-state index contributed by atoms with van der Waals surface area (Å²) in [6, 6.07) is 0. The zero-order chi connectivity index (χ0) is 18.3. The summed E-state index contributed by atoms with van der Waals surface area (Å²) in [7, 11) is 0. The highest BCUT2D eigenvalue weighted by molar-refractivity contribution is 4.49. The number of ether oxygens (including phenoxy) is 3. The van der Waals surface area contributed by atoms with Gasteiger partial charge in [0.1, 0.15) is 0 Å². The van der Waals surface area contributed by atoms with Crippen LogP contribution in [0.4, 0.5) is 0 Å². The Balaban J connectivity index is 2.94. The molecular weight excluding hydrogens is 316 g/mol. The summed E-state index contributed by atoms with van der Waals surface area (Å²) in [4.78, 5) is 0. The molecule has 25 heavy (non-hydrogen) atoms.